The van der Waals surface area contributed by atoms with Crippen LogP contribution in [0.3, 0.4) is 0 Å². The summed E-state index contributed by atoms with van der Waals surface area (Å²) in [5.41, 5.74) is 2.15. The Hall–Kier alpha value is -2.86. The van der Waals surface area contributed by atoms with Gasteiger partial charge in [0, 0.05) is 10.6 Å². The number of benzene rings is 2. The molecule has 6 nitrogen and oxygen atoms in total. The van der Waals surface area contributed by atoms with E-state index < -0.39 is 24.0 Å². The summed E-state index contributed by atoms with van der Waals surface area (Å²) in [6.07, 6.45) is -0.0824. The molecule has 0 saturated carbocycles. The monoisotopic (exact) mass is 444 g/mol. The third-order valence-corrected chi connectivity index (χ3v) is 5.29. The van der Waals surface area contributed by atoms with Crippen molar-refractivity contribution in [1.29, 1.82) is 0 Å². The number of nitrogens with one attached hydrogen (secondary N) is 2. The summed E-state index contributed by atoms with van der Waals surface area (Å²) in [6, 6.07) is 12.7. The fourth-order valence-corrected chi connectivity index (χ4v) is 3.28. The predicted molar refractivity (Wildman–Crippen MR) is 121 cm³/mol. The lowest BCUT2D eigenvalue weighted by atomic mass is 9.86. The summed E-state index contributed by atoms with van der Waals surface area (Å²) in [7, 11) is 1.28. The first-order valence-electron chi connectivity index (χ1n) is 10.1. The number of ether oxygens (including phenoxy) is 1. The summed E-state index contributed by atoms with van der Waals surface area (Å²) in [6.45, 7) is 7.87. The first kappa shape index (κ1) is 24.4. The number of methoxy groups -OCH3 is 1. The van der Waals surface area contributed by atoms with Crippen LogP contribution in [-0.4, -0.2) is 30.9 Å². The standard InChI is InChI=1S/C24H29ClN2O4/c1-15(26-23(30)16-10-12-17(13-11-16)24(2,3)4)22(29)27-20(14-21(28)31-5)18-8-6-7-9-19(18)25/h6-13,15,20H,14H2,1-5H3,(H,26,30)(H,27,29). The highest BCUT2D eigenvalue weighted by Crippen LogP contribution is 2.26. The van der Waals surface area contributed by atoms with Gasteiger partial charge in [0.1, 0.15) is 6.04 Å². The van der Waals surface area contributed by atoms with E-state index in [0.717, 1.165) is 5.56 Å². The van der Waals surface area contributed by atoms with E-state index in [1.807, 2.05) is 12.1 Å². The molecule has 2 aromatic carbocycles. The minimum absolute atomic E-state index is 0.0183. The smallest absolute Gasteiger partial charge is 0.307 e. The zero-order valence-corrected chi connectivity index (χ0v) is 19.2. The molecule has 0 fully saturated rings. The molecule has 166 valence electrons. The summed E-state index contributed by atoms with van der Waals surface area (Å²) in [5, 5.41) is 5.90. The molecule has 2 amide bonds. The van der Waals surface area contributed by atoms with Crippen LogP contribution < -0.4 is 10.6 Å². The highest BCUT2D eigenvalue weighted by Gasteiger charge is 2.24. The van der Waals surface area contributed by atoms with E-state index >= 15 is 0 Å². The maximum atomic E-state index is 12.7. The zero-order valence-electron chi connectivity index (χ0n) is 18.5. The molecule has 2 atom stereocenters. The number of halogens is 1. The molecule has 0 spiro atoms. The van der Waals surface area contributed by atoms with Crippen LogP contribution >= 0.6 is 11.6 Å². The number of rotatable bonds is 7. The SMILES string of the molecule is COC(=O)CC(NC(=O)C(C)NC(=O)c1ccc(C(C)(C)C)cc1)c1ccccc1Cl. The van der Waals surface area contributed by atoms with Gasteiger partial charge in [-0.05, 0) is 41.7 Å². The van der Waals surface area contributed by atoms with Crippen LogP contribution in [0.25, 0.3) is 0 Å². The van der Waals surface area contributed by atoms with Crippen molar-refractivity contribution in [2.75, 3.05) is 7.11 Å². The Morgan fingerprint density at radius 2 is 1.61 bits per heavy atom. The van der Waals surface area contributed by atoms with Crippen LogP contribution in [0.15, 0.2) is 48.5 Å². The molecule has 2 unspecified atom stereocenters. The summed E-state index contributed by atoms with van der Waals surface area (Å²) in [4.78, 5) is 37.1. The van der Waals surface area contributed by atoms with Gasteiger partial charge in [0.15, 0.2) is 0 Å². The van der Waals surface area contributed by atoms with E-state index in [1.54, 1.807) is 43.3 Å². The fraction of sp³-hybridized carbons (Fsp3) is 0.375. The largest absolute Gasteiger partial charge is 0.469 e. The Morgan fingerprint density at radius 3 is 2.16 bits per heavy atom. The van der Waals surface area contributed by atoms with E-state index in [1.165, 1.54) is 7.11 Å². The van der Waals surface area contributed by atoms with Crippen molar-refractivity contribution in [3.8, 4) is 0 Å². The number of esters is 1. The number of carbonyl (C=O) groups is 3. The number of carbonyl (C=O) groups excluding carboxylic acids is 3. The molecular weight excluding hydrogens is 416 g/mol. The van der Waals surface area contributed by atoms with Crippen LogP contribution in [0.4, 0.5) is 0 Å². The Morgan fingerprint density at radius 1 is 1.00 bits per heavy atom. The molecule has 0 bridgehead atoms. The lowest BCUT2D eigenvalue weighted by Gasteiger charge is -2.22. The van der Waals surface area contributed by atoms with Crippen LogP contribution in [0, 0.1) is 0 Å². The van der Waals surface area contributed by atoms with E-state index in [9.17, 15) is 14.4 Å². The first-order valence-corrected chi connectivity index (χ1v) is 10.4. The average Bonchev–Trinajstić information content (AvgIpc) is 2.72. The van der Waals surface area contributed by atoms with E-state index in [2.05, 4.69) is 31.4 Å². The van der Waals surface area contributed by atoms with Gasteiger partial charge in [0.25, 0.3) is 5.91 Å². The molecule has 2 N–H and O–H groups in total. The van der Waals surface area contributed by atoms with Crippen molar-refractivity contribution >= 4 is 29.4 Å². The van der Waals surface area contributed by atoms with Crippen molar-refractivity contribution in [3.63, 3.8) is 0 Å². The van der Waals surface area contributed by atoms with Crippen LogP contribution in [-0.2, 0) is 19.7 Å². The van der Waals surface area contributed by atoms with E-state index in [4.69, 9.17) is 16.3 Å². The van der Waals surface area contributed by atoms with Crippen LogP contribution in [0.1, 0.15) is 61.6 Å². The van der Waals surface area contributed by atoms with E-state index in [-0.39, 0.29) is 17.7 Å². The van der Waals surface area contributed by atoms with Crippen molar-refractivity contribution in [2.45, 2.75) is 51.6 Å². The molecule has 2 rings (SSSR count). The molecule has 2 aromatic rings. The fourth-order valence-electron chi connectivity index (χ4n) is 3.01. The van der Waals surface area contributed by atoms with Crippen molar-refractivity contribution < 1.29 is 19.1 Å². The van der Waals surface area contributed by atoms with Gasteiger partial charge in [-0.2, -0.15) is 0 Å². The van der Waals surface area contributed by atoms with E-state index in [0.29, 0.717) is 16.1 Å². The molecule has 0 aromatic heterocycles. The Labute approximate surface area is 188 Å². The third-order valence-electron chi connectivity index (χ3n) is 4.95. The maximum Gasteiger partial charge on any atom is 0.307 e. The minimum atomic E-state index is -0.822. The topological polar surface area (TPSA) is 84.5 Å². The summed E-state index contributed by atoms with van der Waals surface area (Å²) in [5.74, 6) is -1.28. The third kappa shape index (κ3) is 6.82. The van der Waals surface area contributed by atoms with Gasteiger partial charge in [-0.15, -0.1) is 0 Å². The van der Waals surface area contributed by atoms with Crippen LogP contribution in [0.5, 0.6) is 0 Å². The number of hydrogen-bond acceptors (Lipinski definition) is 4. The molecule has 0 aliphatic heterocycles. The molecule has 0 radical (unpaired) electrons. The van der Waals surface area contributed by atoms with Crippen molar-refractivity contribution in [3.05, 3.63) is 70.2 Å². The van der Waals surface area contributed by atoms with Crippen molar-refractivity contribution in [1.82, 2.24) is 10.6 Å². The quantitative estimate of drug-likeness (QED) is 0.627. The second-order valence-corrected chi connectivity index (χ2v) is 8.79. The normalized spacial score (nSPS) is 13.1. The molecule has 0 aliphatic rings. The summed E-state index contributed by atoms with van der Waals surface area (Å²) < 4.78 is 4.74. The van der Waals surface area contributed by atoms with Gasteiger partial charge >= 0.3 is 5.97 Å². The summed E-state index contributed by atoms with van der Waals surface area (Å²) >= 11 is 6.24. The predicted octanol–water partition coefficient (Wildman–Crippen LogP) is 4.18. The average molecular weight is 445 g/mol. The Balaban J connectivity index is 2.08. The molecule has 31 heavy (non-hydrogen) atoms. The molecule has 0 heterocycles. The maximum absolute atomic E-state index is 12.7. The van der Waals surface area contributed by atoms with Gasteiger partial charge in [-0.1, -0.05) is 62.7 Å². The second kappa shape index (κ2) is 10.4. The molecule has 7 heteroatoms. The molecule has 0 saturated heterocycles. The lowest BCUT2D eigenvalue weighted by Crippen LogP contribution is -2.46. The van der Waals surface area contributed by atoms with Gasteiger partial charge in [-0.25, -0.2) is 0 Å². The highest BCUT2D eigenvalue weighted by atomic mass is 35.5. The van der Waals surface area contributed by atoms with Gasteiger partial charge < -0.3 is 15.4 Å². The number of amides is 2. The minimum Gasteiger partial charge on any atom is -0.469 e. The van der Waals surface area contributed by atoms with Crippen LogP contribution in [0.2, 0.25) is 5.02 Å². The molecular formula is C24H29ClN2O4. The first-order chi connectivity index (χ1) is 14.5. The van der Waals surface area contributed by atoms with Crippen molar-refractivity contribution in [2.24, 2.45) is 0 Å². The van der Waals surface area contributed by atoms with Gasteiger partial charge in [-0.3, -0.25) is 14.4 Å². The Kier molecular flexibility index (Phi) is 8.22. The molecule has 0 aliphatic carbocycles. The number of hydrogen-bond donors (Lipinski definition) is 2. The van der Waals surface area contributed by atoms with Gasteiger partial charge in [0.2, 0.25) is 5.91 Å². The lowest BCUT2D eigenvalue weighted by molar-refractivity contribution is -0.141. The highest BCUT2D eigenvalue weighted by molar-refractivity contribution is 6.31. The van der Waals surface area contributed by atoms with Gasteiger partial charge in [0.05, 0.1) is 19.6 Å². The zero-order chi connectivity index (χ0) is 23.2. The second-order valence-electron chi connectivity index (χ2n) is 8.39. The Bertz CT molecular complexity index is 935.